The first-order chi connectivity index (χ1) is 19.0. The zero-order valence-corrected chi connectivity index (χ0v) is 24.5. The van der Waals surface area contributed by atoms with E-state index < -0.39 is 17.4 Å². The molecule has 0 unspecified atom stereocenters. The topological polar surface area (TPSA) is 54.3 Å². The van der Waals surface area contributed by atoms with Gasteiger partial charge in [-0.25, -0.2) is 4.79 Å². The van der Waals surface area contributed by atoms with E-state index in [0.717, 1.165) is 5.69 Å². The molecule has 12 heteroatoms. The minimum atomic E-state index is -4.63. The molecule has 6 nitrogen and oxygen atoms in total. The predicted molar refractivity (Wildman–Crippen MR) is 156 cm³/mol. The summed E-state index contributed by atoms with van der Waals surface area (Å²) in [5.74, 6) is 0.575. The smallest absolute Gasteiger partial charge is 0.353 e. The number of piperazine rings is 1. The van der Waals surface area contributed by atoms with Gasteiger partial charge in [0.25, 0.3) is 0 Å². The highest BCUT2D eigenvalue weighted by molar-refractivity contribution is 7.99. The van der Waals surface area contributed by atoms with Gasteiger partial charge in [-0.1, -0.05) is 17.7 Å². The third-order valence-electron chi connectivity index (χ3n) is 7.91. The van der Waals surface area contributed by atoms with Crippen molar-refractivity contribution in [3.8, 4) is 10.4 Å². The third kappa shape index (κ3) is 4.80. The van der Waals surface area contributed by atoms with E-state index in [4.69, 9.17) is 11.6 Å². The van der Waals surface area contributed by atoms with Gasteiger partial charge in [0.2, 0.25) is 0 Å². The number of pyridine rings is 1. The lowest BCUT2D eigenvalue weighted by molar-refractivity contribution is -0.137. The number of benzene rings is 1. The standard InChI is InChI=1S/C28H27ClF3N5OS2/c1-15-10-36(11-16(2)35(15)3)26-19-9-20(28(30,31)32)23(22-8-18(29)14-39-22)25-24(19)37(27(38)34-26)12-17(13-40-25)21-6-4-5-7-33-21/h4-9,14-17H,10-13H2,1-3H3/t15-,16+,17-/m0/s1. The Morgan fingerprint density at radius 3 is 2.48 bits per heavy atom. The molecule has 40 heavy (non-hydrogen) atoms. The molecule has 2 aliphatic rings. The van der Waals surface area contributed by atoms with Crippen LogP contribution in [0.5, 0.6) is 0 Å². The number of halogens is 4. The van der Waals surface area contributed by atoms with Crippen LogP contribution in [0.15, 0.2) is 51.6 Å². The highest BCUT2D eigenvalue weighted by atomic mass is 35.5. The lowest BCUT2D eigenvalue weighted by atomic mass is 10.00. The first kappa shape index (κ1) is 27.6. The Bertz CT molecular complexity index is 1630. The van der Waals surface area contributed by atoms with Gasteiger partial charge in [-0.15, -0.1) is 23.1 Å². The average molecular weight is 606 g/mol. The van der Waals surface area contributed by atoms with E-state index in [0.29, 0.717) is 50.4 Å². The van der Waals surface area contributed by atoms with Crippen LogP contribution in [0.4, 0.5) is 19.0 Å². The molecular formula is C28H27ClF3N5OS2. The van der Waals surface area contributed by atoms with Crippen LogP contribution in [0.1, 0.15) is 31.0 Å². The second-order valence-electron chi connectivity index (χ2n) is 10.5. The van der Waals surface area contributed by atoms with Crippen molar-refractivity contribution in [3.63, 3.8) is 0 Å². The van der Waals surface area contributed by atoms with E-state index in [-0.39, 0.29) is 30.1 Å². The first-order valence-electron chi connectivity index (χ1n) is 13.0. The molecule has 0 radical (unpaired) electrons. The fraction of sp³-hybridized carbons (Fsp3) is 0.393. The van der Waals surface area contributed by atoms with Crippen LogP contribution in [-0.4, -0.2) is 57.4 Å². The van der Waals surface area contributed by atoms with Crippen LogP contribution in [0, 0.1) is 0 Å². The zero-order chi connectivity index (χ0) is 28.3. The Morgan fingerprint density at radius 1 is 1.10 bits per heavy atom. The van der Waals surface area contributed by atoms with E-state index >= 15 is 0 Å². The Balaban J connectivity index is 1.66. The second kappa shape index (κ2) is 10.3. The summed E-state index contributed by atoms with van der Waals surface area (Å²) in [6.07, 6.45) is -2.95. The normalized spacial score (nSPS) is 22.1. The molecule has 0 spiro atoms. The molecule has 0 N–H and O–H groups in total. The number of likely N-dealkylation sites (N-methyl/N-ethyl adjacent to an activating group) is 1. The number of nitrogens with zero attached hydrogens (tertiary/aromatic N) is 5. The van der Waals surface area contributed by atoms with Gasteiger partial charge in [-0.05, 0) is 45.2 Å². The van der Waals surface area contributed by atoms with Gasteiger partial charge in [0.05, 0.1) is 16.1 Å². The van der Waals surface area contributed by atoms with Crippen molar-refractivity contribution >= 4 is 51.4 Å². The van der Waals surface area contributed by atoms with Gasteiger partial charge in [-0.2, -0.15) is 18.2 Å². The van der Waals surface area contributed by atoms with Crippen LogP contribution in [-0.2, 0) is 12.7 Å². The molecule has 5 heterocycles. The molecule has 210 valence electrons. The zero-order valence-electron chi connectivity index (χ0n) is 22.1. The summed E-state index contributed by atoms with van der Waals surface area (Å²) in [6, 6.07) is 8.60. The van der Waals surface area contributed by atoms with Gasteiger partial charge in [-0.3, -0.25) is 14.5 Å². The van der Waals surface area contributed by atoms with Crippen molar-refractivity contribution < 1.29 is 13.2 Å². The van der Waals surface area contributed by atoms with Crippen molar-refractivity contribution in [3.05, 3.63) is 68.7 Å². The molecule has 1 aromatic carbocycles. The molecule has 3 atom stereocenters. The molecule has 0 bridgehead atoms. The SMILES string of the molecule is C[C@@H]1CN(c2nc(=O)n3c4c(c(-c5cc(Cl)cs5)c(C(F)(F)F)cc24)SC[C@@H](c2ccccn2)C3)C[C@H](C)N1C. The fourth-order valence-electron chi connectivity index (χ4n) is 5.69. The molecular weight excluding hydrogens is 579 g/mol. The van der Waals surface area contributed by atoms with Gasteiger partial charge >= 0.3 is 11.9 Å². The minimum Gasteiger partial charge on any atom is -0.353 e. The number of rotatable bonds is 3. The highest BCUT2D eigenvalue weighted by Gasteiger charge is 2.39. The molecule has 0 aliphatic carbocycles. The monoisotopic (exact) mass is 605 g/mol. The average Bonchev–Trinajstić information content (AvgIpc) is 3.24. The maximum Gasteiger partial charge on any atom is 0.417 e. The number of aromatic nitrogens is 3. The van der Waals surface area contributed by atoms with Gasteiger partial charge in [0, 0.05) is 81.4 Å². The van der Waals surface area contributed by atoms with E-state index in [1.807, 2.05) is 30.1 Å². The predicted octanol–water partition coefficient (Wildman–Crippen LogP) is 6.61. The summed E-state index contributed by atoms with van der Waals surface area (Å²) in [6.45, 7) is 5.51. The van der Waals surface area contributed by atoms with Crippen LogP contribution in [0.3, 0.4) is 0 Å². The Morgan fingerprint density at radius 2 is 1.85 bits per heavy atom. The highest BCUT2D eigenvalue weighted by Crippen LogP contribution is 2.50. The molecule has 0 saturated carbocycles. The molecule has 4 aromatic rings. The molecule has 1 saturated heterocycles. The maximum absolute atomic E-state index is 14.8. The molecule has 0 amide bonds. The Kier molecular flexibility index (Phi) is 7.13. The van der Waals surface area contributed by atoms with E-state index in [2.05, 4.69) is 28.7 Å². The largest absolute Gasteiger partial charge is 0.417 e. The lowest BCUT2D eigenvalue weighted by Crippen LogP contribution is -2.55. The number of hydrogen-bond acceptors (Lipinski definition) is 7. The van der Waals surface area contributed by atoms with Crippen molar-refractivity contribution in [1.29, 1.82) is 0 Å². The number of anilines is 1. The van der Waals surface area contributed by atoms with E-state index in [1.165, 1.54) is 29.2 Å². The van der Waals surface area contributed by atoms with Gasteiger partial charge in [0.1, 0.15) is 5.82 Å². The van der Waals surface area contributed by atoms with E-state index in [1.54, 1.807) is 22.2 Å². The quantitative estimate of drug-likeness (QED) is 0.262. The van der Waals surface area contributed by atoms with Crippen LogP contribution >= 0.6 is 34.7 Å². The minimum absolute atomic E-state index is 0.0639. The van der Waals surface area contributed by atoms with Crippen LogP contribution in [0.2, 0.25) is 5.02 Å². The van der Waals surface area contributed by atoms with Crippen molar-refractivity contribution in [2.24, 2.45) is 0 Å². The number of thiophene rings is 1. The summed E-state index contributed by atoms with van der Waals surface area (Å²) in [7, 11) is 2.03. The van der Waals surface area contributed by atoms with Gasteiger partial charge < -0.3 is 4.90 Å². The van der Waals surface area contributed by atoms with Crippen molar-refractivity contribution in [2.45, 2.75) is 49.5 Å². The summed E-state index contributed by atoms with van der Waals surface area (Å²) >= 11 is 8.71. The number of alkyl halides is 3. The maximum atomic E-state index is 14.8. The van der Waals surface area contributed by atoms with Crippen molar-refractivity contribution in [1.82, 2.24) is 19.4 Å². The van der Waals surface area contributed by atoms with Crippen molar-refractivity contribution in [2.75, 3.05) is 30.8 Å². The third-order valence-corrected chi connectivity index (χ3v) is 10.5. The second-order valence-corrected chi connectivity index (χ2v) is 12.9. The molecule has 1 fully saturated rings. The molecule has 3 aromatic heterocycles. The van der Waals surface area contributed by atoms with Crippen LogP contribution < -0.4 is 10.6 Å². The Hall–Kier alpha value is -2.60. The molecule has 2 aliphatic heterocycles. The summed E-state index contributed by atoms with van der Waals surface area (Å²) in [5.41, 5.74) is 0.117. The summed E-state index contributed by atoms with van der Waals surface area (Å²) in [5, 5.41) is 2.34. The fourth-order valence-corrected chi connectivity index (χ4v) is 8.26. The lowest BCUT2D eigenvalue weighted by Gasteiger charge is -2.43. The number of thioether (sulfide) groups is 1. The van der Waals surface area contributed by atoms with Crippen LogP contribution in [0.25, 0.3) is 21.3 Å². The van der Waals surface area contributed by atoms with Gasteiger partial charge in [0.15, 0.2) is 0 Å². The van der Waals surface area contributed by atoms with E-state index in [9.17, 15) is 18.0 Å². The molecule has 6 rings (SSSR count). The summed E-state index contributed by atoms with van der Waals surface area (Å²) < 4.78 is 46.0. The summed E-state index contributed by atoms with van der Waals surface area (Å²) in [4.78, 5) is 27.7. The Labute approximate surface area is 242 Å². The first-order valence-corrected chi connectivity index (χ1v) is 15.2. The number of hydrogen-bond donors (Lipinski definition) is 0.